The van der Waals surface area contributed by atoms with Gasteiger partial charge in [0.2, 0.25) is 0 Å². The highest BCUT2D eigenvalue weighted by molar-refractivity contribution is 14.1. The minimum absolute atomic E-state index is 0.122. The molecule has 0 amide bonds. The summed E-state index contributed by atoms with van der Waals surface area (Å²) in [6, 6.07) is 16.2. The summed E-state index contributed by atoms with van der Waals surface area (Å²) in [5.41, 5.74) is 7.78. The molecule has 0 saturated carbocycles. The normalized spacial score (nSPS) is 12.1. The monoisotopic (exact) mass is 883 g/mol. The molecule has 0 spiro atoms. The van der Waals surface area contributed by atoms with Crippen LogP contribution in [-0.2, 0) is 9.53 Å². The lowest BCUT2D eigenvalue weighted by Gasteiger charge is -2.08. The van der Waals surface area contributed by atoms with Gasteiger partial charge in [0.25, 0.3) is 0 Å². The molecular formula is C30H20I3N3O3S. The van der Waals surface area contributed by atoms with Crippen molar-refractivity contribution in [1.82, 2.24) is 15.0 Å². The van der Waals surface area contributed by atoms with E-state index in [1.165, 1.54) is 0 Å². The van der Waals surface area contributed by atoms with Gasteiger partial charge < -0.3 is 14.5 Å². The Morgan fingerprint density at radius 2 is 1.35 bits per heavy atom. The van der Waals surface area contributed by atoms with Crippen LogP contribution >= 0.6 is 79.1 Å². The Balaban J connectivity index is 1.57. The second-order valence-corrected chi connectivity index (χ2v) is 13.1. The number of benzene rings is 1. The van der Waals surface area contributed by atoms with Gasteiger partial charge in [-0.3, -0.25) is 0 Å². The molecular weight excluding hydrogens is 863 g/mol. The summed E-state index contributed by atoms with van der Waals surface area (Å²) in [4.78, 5) is 25.3. The van der Waals surface area contributed by atoms with E-state index >= 15 is 0 Å². The summed E-state index contributed by atoms with van der Waals surface area (Å²) in [7, 11) is 0. The third kappa shape index (κ3) is 5.59. The zero-order chi connectivity index (χ0) is 27.8. The second-order valence-electron chi connectivity index (χ2n) is 8.82. The van der Waals surface area contributed by atoms with E-state index in [9.17, 15) is 4.79 Å². The smallest absolute Gasteiger partial charge is 0.344 e. The van der Waals surface area contributed by atoms with Gasteiger partial charge in [0, 0.05) is 15.0 Å². The first-order valence-electron chi connectivity index (χ1n) is 12.3. The number of aromatic amines is 1. The first-order chi connectivity index (χ1) is 19.4. The average molecular weight is 883 g/mol. The molecule has 6 nitrogen and oxygen atoms in total. The van der Waals surface area contributed by atoms with Gasteiger partial charge in [0.1, 0.15) is 5.75 Å². The number of ether oxygens (including phenoxy) is 2. The fraction of sp³-hybridized carbons (Fsp3) is 0.100. The molecule has 10 heteroatoms. The maximum Gasteiger partial charge on any atom is 0.344 e. The summed E-state index contributed by atoms with van der Waals surface area (Å²) in [5, 5.41) is 0. The topological polar surface area (TPSA) is 77.1 Å². The largest absolute Gasteiger partial charge is 0.482 e. The minimum Gasteiger partial charge on any atom is -0.482 e. The third-order valence-electron chi connectivity index (χ3n) is 6.24. The summed E-state index contributed by atoms with van der Waals surface area (Å²) >= 11 is 8.83. The number of aromatic nitrogens is 3. The standard InChI is InChI=1S/C30H20I3N3O3S/c1-2-38-26(37)15-39-17-5-3-16(4-6-17)27-18-7-8-19(34-18)28(31)20-9-10-21(35-20)29(32)22-11-12-23(36-22)30(33)25-14-13-24(27)40-25/h3-14,35H,2,15H2,1H3. The van der Waals surface area contributed by atoms with Crippen molar-refractivity contribution in [1.29, 1.82) is 0 Å². The van der Waals surface area contributed by atoms with Crippen LogP contribution in [0.4, 0.5) is 0 Å². The van der Waals surface area contributed by atoms with Crippen molar-refractivity contribution in [3.63, 3.8) is 0 Å². The molecule has 0 saturated heterocycles. The number of H-pyrrole nitrogens is 1. The highest BCUT2D eigenvalue weighted by Gasteiger charge is 2.15. The Morgan fingerprint density at radius 3 is 2.00 bits per heavy atom. The molecule has 0 radical (unpaired) electrons. The van der Waals surface area contributed by atoms with Gasteiger partial charge in [-0.15, -0.1) is 11.3 Å². The van der Waals surface area contributed by atoms with E-state index in [-0.39, 0.29) is 12.6 Å². The number of nitrogens with zero attached hydrogens (tertiary/aromatic N) is 2. The van der Waals surface area contributed by atoms with Crippen LogP contribution in [0.15, 0.2) is 48.5 Å². The van der Waals surface area contributed by atoms with Crippen LogP contribution in [0.3, 0.4) is 0 Å². The van der Waals surface area contributed by atoms with Crippen LogP contribution in [0.5, 0.6) is 5.75 Å². The molecule has 200 valence electrons. The fourth-order valence-electron chi connectivity index (χ4n) is 4.35. The van der Waals surface area contributed by atoms with E-state index in [0.29, 0.717) is 12.4 Å². The maximum absolute atomic E-state index is 11.7. The summed E-state index contributed by atoms with van der Waals surface area (Å²) in [6.45, 7) is 1.98. The molecule has 1 aromatic carbocycles. The van der Waals surface area contributed by atoms with Gasteiger partial charge in [-0.25, -0.2) is 14.8 Å². The second kappa shape index (κ2) is 11.9. The molecule has 2 aliphatic rings. The predicted octanol–water partition coefficient (Wildman–Crippen LogP) is 8.81. The predicted molar refractivity (Wildman–Crippen MR) is 188 cm³/mol. The highest BCUT2D eigenvalue weighted by Crippen LogP contribution is 2.37. The Hall–Kier alpha value is -2.30. The molecule has 5 heterocycles. The highest BCUT2D eigenvalue weighted by atomic mass is 127. The van der Waals surface area contributed by atoms with E-state index in [2.05, 4.69) is 121 Å². The molecule has 0 aliphatic carbocycles. The number of carbonyl (C=O) groups is 1. The number of fused-ring (bicyclic) bond motifs is 8. The number of esters is 1. The van der Waals surface area contributed by atoms with E-state index in [1.54, 1.807) is 18.3 Å². The van der Waals surface area contributed by atoms with Crippen molar-refractivity contribution in [3.05, 3.63) is 82.0 Å². The number of carbonyl (C=O) groups excluding carboxylic acids is 1. The summed E-state index contributed by atoms with van der Waals surface area (Å²) in [5.74, 6) is 0.217. The zero-order valence-electron chi connectivity index (χ0n) is 21.0. The van der Waals surface area contributed by atoms with E-state index in [0.717, 1.165) is 65.0 Å². The Kier molecular flexibility index (Phi) is 8.28. The molecule has 1 N–H and O–H groups in total. The molecule has 0 fully saturated rings. The summed E-state index contributed by atoms with van der Waals surface area (Å²) < 4.78 is 16.0. The lowest BCUT2D eigenvalue weighted by Crippen LogP contribution is -2.14. The van der Waals surface area contributed by atoms with Crippen LogP contribution in [-0.4, -0.2) is 34.1 Å². The lowest BCUT2D eigenvalue weighted by atomic mass is 10.0. The van der Waals surface area contributed by atoms with Gasteiger partial charge in [0.05, 0.1) is 51.1 Å². The lowest BCUT2D eigenvalue weighted by molar-refractivity contribution is -0.145. The van der Waals surface area contributed by atoms with Crippen LogP contribution in [0, 0.1) is 10.7 Å². The summed E-state index contributed by atoms with van der Waals surface area (Å²) in [6.07, 6.45) is 8.30. The Morgan fingerprint density at radius 1 is 0.775 bits per heavy atom. The number of rotatable bonds is 5. The molecule has 0 atom stereocenters. The Labute approximate surface area is 275 Å². The average Bonchev–Trinajstić information content (AvgIpc) is 3.79. The SMILES string of the molecule is CCOC(=O)COc1ccc(-c2c3nc(c(I)c4ccc([nH]4)c(I)c4nc(c(I)c5ccc2s5)C=C4)C=C3)cc1. The maximum atomic E-state index is 11.7. The van der Waals surface area contributed by atoms with Crippen LogP contribution in [0.25, 0.3) is 55.9 Å². The number of nitrogens with one attached hydrogen (secondary N) is 1. The molecule has 0 unspecified atom stereocenters. The fourth-order valence-corrected chi connectivity index (χ4v) is 7.42. The van der Waals surface area contributed by atoms with Gasteiger partial charge in [-0.1, -0.05) is 12.1 Å². The third-order valence-corrected chi connectivity index (χ3v) is 11.1. The first kappa shape index (κ1) is 27.8. The van der Waals surface area contributed by atoms with Gasteiger partial charge >= 0.3 is 5.97 Å². The molecule has 8 bridgehead atoms. The number of hydrogen-bond donors (Lipinski definition) is 1. The molecule has 3 aromatic heterocycles. The van der Waals surface area contributed by atoms with Crippen molar-refractivity contribution >= 4 is 130 Å². The van der Waals surface area contributed by atoms with Crippen molar-refractivity contribution in [3.8, 4) is 16.9 Å². The van der Waals surface area contributed by atoms with Crippen LogP contribution in [0.2, 0.25) is 0 Å². The van der Waals surface area contributed by atoms with Gasteiger partial charge in [-0.2, -0.15) is 0 Å². The van der Waals surface area contributed by atoms with E-state index in [1.807, 2.05) is 24.3 Å². The van der Waals surface area contributed by atoms with Crippen molar-refractivity contribution in [2.24, 2.45) is 0 Å². The number of hydrogen-bond acceptors (Lipinski definition) is 6. The minimum atomic E-state index is -0.386. The molecule has 2 aliphatic heterocycles. The molecule has 40 heavy (non-hydrogen) atoms. The van der Waals surface area contributed by atoms with Crippen molar-refractivity contribution < 1.29 is 14.3 Å². The molecule has 4 aromatic rings. The first-order valence-corrected chi connectivity index (χ1v) is 16.4. The number of thiophene rings is 1. The van der Waals surface area contributed by atoms with Crippen LogP contribution < -0.4 is 4.74 Å². The Bertz CT molecular complexity index is 1870. The number of halogens is 3. The van der Waals surface area contributed by atoms with Crippen molar-refractivity contribution in [2.45, 2.75) is 6.92 Å². The van der Waals surface area contributed by atoms with E-state index in [4.69, 9.17) is 19.4 Å². The van der Waals surface area contributed by atoms with Crippen LogP contribution in [0.1, 0.15) is 29.7 Å². The quantitative estimate of drug-likeness (QED) is 0.139. The van der Waals surface area contributed by atoms with Gasteiger partial charge in [-0.05, 0) is 141 Å². The van der Waals surface area contributed by atoms with Gasteiger partial charge in [0.15, 0.2) is 6.61 Å². The molecule has 6 rings (SSSR count). The van der Waals surface area contributed by atoms with Crippen molar-refractivity contribution in [2.75, 3.05) is 13.2 Å². The zero-order valence-corrected chi connectivity index (χ0v) is 28.3. The van der Waals surface area contributed by atoms with E-state index < -0.39 is 0 Å².